The van der Waals surface area contributed by atoms with Gasteiger partial charge in [0.15, 0.2) is 0 Å². The molecule has 0 aromatic carbocycles. The van der Waals surface area contributed by atoms with E-state index in [9.17, 15) is 0 Å². The van der Waals surface area contributed by atoms with Crippen LogP contribution in [0.1, 0.15) is 72.1 Å². The Morgan fingerprint density at radius 3 is 2.00 bits per heavy atom. The minimum absolute atomic E-state index is 0.866. The minimum Gasteiger partial charge on any atom is -0.301 e. The van der Waals surface area contributed by atoms with Gasteiger partial charge in [-0.2, -0.15) is 0 Å². The molecule has 2 nitrogen and oxygen atoms in total. The van der Waals surface area contributed by atoms with Gasteiger partial charge in [-0.1, -0.05) is 59.3 Å². The van der Waals surface area contributed by atoms with Crippen LogP contribution in [0, 0.1) is 0 Å². The van der Waals surface area contributed by atoms with Crippen LogP contribution in [0.15, 0.2) is 0 Å². The van der Waals surface area contributed by atoms with E-state index in [0.717, 1.165) is 6.04 Å². The molecule has 0 radical (unpaired) electrons. The third-order valence-electron chi connectivity index (χ3n) is 4.63. The van der Waals surface area contributed by atoms with Crippen LogP contribution in [0.25, 0.3) is 0 Å². The number of rotatable bonds is 10. The number of nitrogens with zero attached hydrogens (tertiary/aromatic N) is 2. The fraction of sp³-hybridized carbons (Fsp3) is 1.00. The molecular formula is C17H36N2. The van der Waals surface area contributed by atoms with Crippen molar-refractivity contribution < 1.29 is 0 Å². The van der Waals surface area contributed by atoms with Crippen LogP contribution in [0.2, 0.25) is 0 Å². The maximum absolute atomic E-state index is 2.77. The highest BCUT2D eigenvalue weighted by Crippen LogP contribution is 2.18. The second kappa shape index (κ2) is 10.7. The van der Waals surface area contributed by atoms with Crippen molar-refractivity contribution in [3.8, 4) is 0 Å². The predicted octanol–water partition coefficient (Wildman–Crippen LogP) is 4.15. The molecule has 114 valence electrons. The molecule has 1 aliphatic heterocycles. The molecule has 0 bridgehead atoms. The van der Waals surface area contributed by atoms with Gasteiger partial charge in [-0.25, -0.2) is 0 Å². The number of unbranched alkanes of at least 4 members (excludes halogenated alkanes) is 4. The molecule has 0 saturated carbocycles. The lowest BCUT2D eigenvalue weighted by atomic mass is 10.0. The summed E-state index contributed by atoms with van der Waals surface area (Å²) in [7, 11) is 0. The van der Waals surface area contributed by atoms with Crippen molar-refractivity contribution >= 4 is 0 Å². The van der Waals surface area contributed by atoms with Crippen LogP contribution in [-0.2, 0) is 0 Å². The van der Waals surface area contributed by atoms with Crippen molar-refractivity contribution in [1.82, 2.24) is 9.80 Å². The molecule has 1 fully saturated rings. The van der Waals surface area contributed by atoms with E-state index in [-0.39, 0.29) is 0 Å². The molecule has 1 heterocycles. The maximum atomic E-state index is 2.77. The van der Waals surface area contributed by atoms with Crippen molar-refractivity contribution in [2.24, 2.45) is 0 Å². The Kier molecular flexibility index (Phi) is 9.54. The first-order chi connectivity index (χ1) is 9.31. The van der Waals surface area contributed by atoms with E-state index < -0.39 is 0 Å². The van der Waals surface area contributed by atoms with Gasteiger partial charge in [0.25, 0.3) is 0 Å². The smallest absolute Gasteiger partial charge is 0.0113 e. The van der Waals surface area contributed by atoms with Gasteiger partial charge < -0.3 is 4.90 Å². The zero-order valence-corrected chi connectivity index (χ0v) is 13.7. The molecule has 0 N–H and O–H groups in total. The summed E-state index contributed by atoms with van der Waals surface area (Å²) < 4.78 is 0. The van der Waals surface area contributed by atoms with Gasteiger partial charge >= 0.3 is 0 Å². The molecule has 1 saturated heterocycles. The predicted molar refractivity (Wildman–Crippen MR) is 85.8 cm³/mol. The molecule has 0 spiro atoms. The average molecular weight is 268 g/mol. The molecule has 1 unspecified atom stereocenters. The van der Waals surface area contributed by atoms with E-state index in [0.29, 0.717) is 0 Å². The Morgan fingerprint density at radius 2 is 1.42 bits per heavy atom. The molecular weight excluding hydrogens is 232 g/mol. The molecule has 0 aromatic heterocycles. The number of hydrogen-bond acceptors (Lipinski definition) is 2. The zero-order valence-electron chi connectivity index (χ0n) is 13.7. The molecule has 0 aliphatic carbocycles. The molecule has 1 aliphatic rings. The third-order valence-corrected chi connectivity index (χ3v) is 4.63. The lowest BCUT2D eigenvalue weighted by molar-refractivity contribution is 0.0895. The van der Waals surface area contributed by atoms with Gasteiger partial charge in [0, 0.05) is 32.2 Å². The van der Waals surface area contributed by atoms with E-state index in [1.807, 2.05) is 0 Å². The van der Waals surface area contributed by atoms with Crippen molar-refractivity contribution in [3.63, 3.8) is 0 Å². The highest BCUT2D eigenvalue weighted by atomic mass is 15.3. The Bertz CT molecular complexity index is 197. The van der Waals surface area contributed by atoms with E-state index in [2.05, 4.69) is 30.6 Å². The van der Waals surface area contributed by atoms with Crippen LogP contribution in [0.4, 0.5) is 0 Å². The zero-order chi connectivity index (χ0) is 13.9. The SMILES string of the molecule is CCCCCCCC(CCC)N1CCN(CC)CC1. The van der Waals surface area contributed by atoms with Crippen LogP contribution in [0.3, 0.4) is 0 Å². The van der Waals surface area contributed by atoms with Gasteiger partial charge in [-0.05, 0) is 19.4 Å². The minimum atomic E-state index is 0.866. The first kappa shape index (κ1) is 17.0. The van der Waals surface area contributed by atoms with Crippen molar-refractivity contribution in [1.29, 1.82) is 0 Å². The third kappa shape index (κ3) is 6.76. The normalized spacial score (nSPS) is 19.7. The molecule has 0 amide bonds. The summed E-state index contributed by atoms with van der Waals surface area (Å²) >= 11 is 0. The Hall–Kier alpha value is -0.0800. The first-order valence-electron chi connectivity index (χ1n) is 8.78. The second-order valence-corrected chi connectivity index (χ2v) is 6.12. The summed E-state index contributed by atoms with van der Waals surface area (Å²) in [5.74, 6) is 0. The summed E-state index contributed by atoms with van der Waals surface area (Å²) in [6.07, 6.45) is 11.3. The summed E-state index contributed by atoms with van der Waals surface area (Å²) in [6, 6.07) is 0.866. The Morgan fingerprint density at radius 1 is 0.737 bits per heavy atom. The summed E-state index contributed by atoms with van der Waals surface area (Å²) in [5.41, 5.74) is 0. The highest BCUT2D eigenvalue weighted by Gasteiger charge is 2.22. The summed E-state index contributed by atoms with van der Waals surface area (Å²) in [5, 5.41) is 0. The van der Waals surface area contributed by atoms with Gasteiger partial charge in [-0.15, -0.1) is 0 Å². The molecule has 19 heavy (non-hydrogen) atoms. The lowest BCUT2D eigenvalue weighted by Crippen LogP contribution is -2.50. The fourth-order valence-corrected chi connectivity index (χ4v) is 3.27. The first-order valence-corrected chi connectivity index (χ1v) is 8.78. The topological polar surface area (TPSA) is 6.48 Å². The number of piperazine rings is 1. The van der Waals surface area contributed by atoms with E-state index in [1.54, 1.807) is 0 Å². The van der Waals surface area contributed by atoms with E-state index >= 15 is 0 Å². The Labute approximate surface area is 121 Å². The largest absolute Gasteiger partial charge is 0.301 e. The second-order valence-electron chi connectivity index (χ2n) is 6.12. The molecule has 1 rings (SSSR count). The summed E-state index contributed by atoms with van der Waals surface area (Å²) in [6.45, 7) is 13.3. The average Bonchev–Trinajstić information content (AvgIpc) is 2.46. The Balaban J connectivity index is 2.23. The van der Waals surface area contributed by atoms with Gasteiger partial charge in [0.05, 0.1) is 0 Å². The van der Waals surface area contributed by atoms with Crippen molar-refractivity contribution in [3.05, 3.63) is 0 Å². The van der Waals surface area contributed by atoms with E-state index in [4.69, 9.17) is 0 Å². The lowest BCUT2D eigenvalue weighted by Gasteiger charge is -2.39. The quantitative estimate of drug-likeness (QED) is 0.549. The summed E-state index contributed by atoms with van der Waals surface area (Å²) in [4.78, 5) is 5.36. The van der Waals surface area contributed by atoms with Gasteiger partial charge in [0.1, 0.15) is 0 Å². The number of hydrogen-bond donors (Lipinski definition) is 0. The van der Waals surface area contributed by atoms with Crippen molar-refractivity contribution in [2.45, 2.75) is 78.2 Å². The van der Waals surface area contributed by atoms with Crippen LogP contribution in [0.5, 0.6) is 0 Å². The maximum Gasteiger partial charge on any atom is 0.0113 e. The molecule has 0 aromatic rings. The van der Waals surface area contributed by atoms with Crippen LogP contribution in [-0.4, -0.2) is 48.6 Å². The monoisotopic (exact) mass is 268 g/mol. The van der Waals surface area contributed by atoms with Crippen LogP contribution >= 0.6 is 0 Å². The fourth-order valence-electron chi connectivity index (χ4n) is 3.27. The molecule has 2 heteroatoms. The van der Waals surface area contributed by atoms with Crippen LogP contribution < -0.4 is 0 Å². The van der Waals surface area contributed by atoms with Crippen molar-refractivity contribution in [2.75, 3.05) is 32.7 Å². The van der Waals surface area contributed by atoms with E-state index in [1.165, 1.54) is 84.1 Å². The van der Waals surface area contributed by atoms with Gasteiger partial charge in [0.2, 0.25) is 0 Å². The highest BCUT2D eigenvalue weighted by molar-refractivity contribution is 4.78. The number of likely N-dealkylation sites (N-methyl/N-ethyl adjacent to an activating group) is 1. The molecule has 1 atom stereocenters. The van der Waals surface area contributed by atoms with Gasteiger partial charge in [-0.3, -0.25) is 4.90 Å². The standard InChI is InChI=1S/C17H36N2/c1-4-7-8-9-10-12-17(11-5-2)19-15-13-18(6-3)14-16-19/h17H,4-16H2,1-3H3.